The Kier molecular flexibility index (Phi) is 4.08. The highest BCUT2D eigenvalue weighted by molar-refractivity contribution is 5.29. The monoisotopic (exact) mass is 246 g/mol. The van der Waals surface area contributed by atoms with Gasteiger partial charge in [0, 0.05) is 18.6 Å². The van der Waals surface area contributed by atoms with Gasteiger partial charge >= 0.3 is 0 Å². The van der Waals surface area contributed by atoms with E-state index < -0.39 is 0 Å². The van der Waals surface area contributed by atoms with E-state index in [1.807, 2.05) is 0 Å². The quantitative estimate of drug-likeness (QED) is 0.830. The second-order valence-electron chi connectivity index (χ2n) is 6.33. The molecule has 1 fully saturated rings. The first-order valence-electron chi connectivity index (χ1n) is 6.96. The second kappa shape index (κ2) is 5.41. The van der Waals surface area contributed by atoms with E-state index >= 15 is 0 Å². The number of rotatable bonds is 6. The van der Waals surface area contributed by atoms with Crippen LogP contribution in [-0.2, 0) is 6.54 Å². The van der Waals surface area contributed by atoms with Gasteiger partial charge in [-0.25, -0.2) is 0 Å². The summed E-state index contributed by atoms with van der Waals surface area (Å²) in [6.07, 6.45) is 2.76. The van der Waals surface area contributed by atoms with Crippen molar-refractivity contribution >= 4 is 0 Å². The van der Waals surface area contributed by atoms with Crippen LogP contribution in [0.2, 0.25) is 0 Å². The van der Waals surface area contributed by atoms with E-state index in [4.69, 9.17) is 0 Å². The van der Waals surface area contributed by atoms with Crippen LogP contribution in [0.4, 0.5) is 0 Å². The van der Waals surface area contributed by atoms with Gasteiger partial charge in [-0.3, -0.25) is 0 Å². The third kappa shape index (κ3) is 3.56. The molecule has 2 nitrogen and oxygen atoms in total. The molecule has 0 heterocycles. The van der Waals surface area contributed by atoms with Crippen LogP contribution in [0.1, 0.15) is 43.7 Å². The molecule has 1 saturated carbocycles. The third-order valence-corrected chi connectivity index (χ3v) is 4.10. The van der Waals surface area contributed by atoms with Crippen molar-refractivity contribution in [1.29, 1.82) is 0 Å². The zero-order chi connectivity index (χ0) is 13.2. The average Bonchev–Trinajstić information content (AvgIpc) is 3.13. The van der Waals surface area contributed by atoms with Crippen LogP contribution >= 0.6 is 0 Å². The molecule has 1 aliphatic carbocycles. The molecule has 0 amide bonds. The van der Waals surface area contributed by atoms with Gasteiger partial charge in [-0.05, 0) is 57.8 Å². The fourth-order valence-corrected chi connectivity index (χ4v) is 2.04. The van der Waals surface area contributed by atoms with Crippen LogP contribution in [0, 0.1) is 0 Å². The molecule has 1 aromatic carbocycles. The van der Waals surface area contributed by atoms with E-state index in [1.165, 1.54) is 24.0 Å². The minimum atomic E-state index is 0.202. The Labute approximate surface area is 111 Å². The largest absolute Gasteiger partial charge is 0.311 e. The number of likely N-dealkylation sites (N-methyl/N-ethyl adjacent to an activating group) is 1. The lowest BCUT2D eigenvalue weighted by molar-refractivity contribution is 0.190. The SMILES string of the molecule is CN(C)C(C)(C)CNCc1cccc(C2CC2)c1. The highest BCUT2D eigenvalue weighted by Crippen LogP contribution is 2.40. The molecule has 1 N–H and O–H groups in total. The molecular weight excluding hydrogens is 220 g/mol. The molecule has 18 heavy (non-hydrogen) atoms. The summed E-state index contributed by atoms with van der Waals surface area (Å²) >= 11 is 0. The standard InChI is InChI=1S/C16H26N2/c1-16(2,18(3)4)12-17-11-13-6-5-7-15(10-13)14-8-9-14/h5-7,10,14,17H,8-9,11-12H2,1-4H3. The molecule has 0 bridgehead atoms. The summed E-state index contributed by atoms with van der Waals surface area (Å²) in [7, 11) is 4.27. The van der Waals surface area contributed by atoms with Crippen LogP contribution in [0.25, 0.3) is 0 Å². The van der Waals surface area contributed by atoms with E-state index in [0.29, 0.717) is 0 Å². The second-order valence-corrected chi connectivity index (χ2v) is 6.33. The van der Waals surface area contributed by atoms with Gasteiger partial charge in [0.1, 0.15) is 0 Å². The van der Waals surface area contributed by atoms with Crippen molar-refractivity contribution in [1.82, 2.24) is 10.2 Å². The average molecular weight is 246 g/mol. The molecule has 0 aliphatic heterocycles. The molecule has 1 aliphatic rings. The number of nitrogens with zero attached hydrogens (tertiary/aromatic N) is 1. The summed E-state index contributed by atoms with van der Waals surface area (Å²) in [5.41, 5.74) is 3.14. The Bertz CT molecular complexity index is 392. The summed E-state index contributed by atoms with van der Waals surface area (Å²) in [5, 5.41) is 3.57. The molecule has 0 saturated heterocycles. The van der Waals surface area contributed by atoms with Crippen molar-refractivity contribution in [3.8, 4) is 0 Å². The van der Waals surface area contributed by atoms with Gasteiger partial charge in [-0.15, -0.1) is 0 Å². The highest BCUT2D eigenvalue weighted by atomic mass is 15.2. The summed E-state index contributed by atoms with van der Waals surface area (Å²) in [6, 6.07) is 9.06. The Morgan fingerprint density at radius 3 is 2.61 bits per heavy atom. The number of hydrogen-bond donors (Lipinski definition) is 1. The maximum atomic E-state index is 3.57. The summed E-state index contributed by atoms with van der Waals surface area (Å²) < 4.78 is 0. The maximum absolute atomic E-state index is 3.57. The highest BCUT2D eigenvalue weighted by Gasteiger charge is 2.23. The van der Waals surface area contributed by atoms with Crippen molar-refractivity contribution in [2.24, 2.45) is 0 Å². The van der Waals surface area contributed by atoms with Crippen LogP contribution < -0.4 is 5.32 Å². The van der Waals surface area contributed by atoms with E-state index in [1.54, 1.807) is 0 Å². The number of hydrogen-bond acceptors (Lipinski definition) is 2. The zero-order valence-electron chi connectivity index (χ0n) is 12.2. The van der Waals surface area contributed by atoms with E-state index in [9.17, 15) is 0 Å². The fourth-order valence-electron chi connectivity index (χ4n) is 2.04. The first-order chi connectivity index (χ1) is 8.49. The van der Waals surface area contributed by atoms with Gasteiger partial charge < -0.3 is 10.2 Å². The van der Waals surface area contributed by atoms with Crippen molar-refractivity contribution in [2.45, 2.75) is 44.7 Å². The molecule has 0 radical (unpaired) electrons. The lowest BCUT2D eigenvalue weighted by atomic mass is 10.0. The van der Waals surface area contributed by atoms with E-state index in [0.717, 1.165) is 19.0 Å². The predicted octanol–water partition coefficient (Wildman–Crippen LogP) is 2.99. The van der Waals surface area contributed by atoms with Crippen LogP contribution in [0.5, 0.6) is 0 Å². The van der Waals surface area contributed by atoms with Gasteiger partial charge in [-0.1, -0.05) is 24.3 Å². The van der Waals surface area contributed by atoms with E-state index in [2.05, 4.69) is 62.4 Å². The Balaban J connectivity index is 1.84. The molecule has 2 heteroatoms. The summed E-state index contributed by atoms with van der Waals surface area (Å²) in [6.45, 7) is 6.51. The molecule has 0 unspecified atom stereocenters. The van der Waals surface area contributed by atoms with E-state index in [-0.39, 0.29) is 5.54 Å². The van der Waals surface area contributed by atoms with Crippen molar-refractivity contribution < 1.29 is 0 Å². The Morgan fingerprint density at radius 1 is 1.28 bits per heavy atom. The van der Waals surface area contributed by atoms with Crippen LogP contribution in [0.3, 0.4) is 0 Å². The predicted molar refractivity (Wildman–Crippen MR) is 77.9 cm³/mol. The Hall–Kier alpha value is -0.860. The Morgan fingerprint density at radius 2 is 2.00 bits per heavy atom. The fraction of sp³-hybridized carbons (Fsp3) is 0.625. The van der Waals surface area contributed by atoms with Crippen molar-refractivity contribution in [2.75, 3.05) is 20.6 Å². The first kappa shape index (κ1) is 13.6. The smallest absolute Gasteiger partial charge is 0.0271 e. The molecule has 0 atom stereocenters. The van der Waals surface area contributed by atoms with Crippen LogP contribution in [-0.4, -0.2) is 31.1 Å². The number of benzene rings is 1. The molecular formula is C16H26N2. The van der Waals surface area contributed by atoms with Crippen molar-refractivity contribution in [3.05, 3.63) is 35.4 Å². The molecule has 0 spiro atoms. The minimum absolute atomic E-state index is 0.202. The van der Waals surface area contributed by atoms with Gasteiger partial charge in [0.05, 0.1) is 0 Å². The molecule has 0 aromatic heterocycles. The van der Waals surface area contributed by atoms with Gasteiger partial charge in [0.2, 0.25) is 0 Å². The summed E-state index contributed by atoms with van der Waals surface area (Å²) in [4.78, 5) is 2.26. The molecule has 2 rings (SSSR count). The van der Waals surface area contributed by atoms with Gasteiger partial charge in [-0.2, -0.15) is 0 Å². The van der Waals surface area contributed by atoms with Crippen molar-refractivity contribution in [3.63, 3.8) is 0 Å². The topological polar surface area (TPSA) is 15.3 Å². The lowest BCUT2D eigenvalue weighted by Gasteiger charge is -2.32. The lowest BCUT2D eigenvalue weighted by Crippen LogP contribution is -2.46. The van der Waals surface area contributed by atoms with Gasteiger partial charge in [0.25, 0.3) is 0 Å². The first-order valence-corrected chi connectivity index (χ1v) is 6.96. The van der Waals surface area contributed by atoms with Crippen LogP contribution in [0.15, 0.2) is 24.3 Å². The zero-order valence-corrected chi connectivity index (χ0v) is 12.2. The molecule has 1 aromatic rings. The van der Waals surface area contributed by atoms with Gasteiger partial charge in [0.15, 0.2) is 0 Å². The summed E-state index contributed by atoms with van der Waals surface area (Å²) in [5.74, 6) is 0.850. The normalized spacial score (nSPS) is 16.3. The molecule has 100 valence electrons. The number of nitrogens with one attached hydrogen (secondary N) is 1. The minimum Gasteiger partial charge on any atom is -0.311 e. The third-order valence-electron chi connectivity index (χ3n) is 4.10. The maximum Gasteiger partial charge on any atom is 0.0271 e.